The Balaban J connectivity index is 1.92. The Labute approximate surface area is 181 Å². The molecule has 7 nitrogen and oxygen atoms in total. The molecule has 1 saturated heterocycles. The van der Waals surface area contributed by atoms with Crippen LogP contribution < -0.4 is 14.8 Å². The molecule has 2 amide bonds. The highest BCUT2D eigenvalue weighted by atomic mass is 19.1. The van der Waals surface area contributed by atoms with Crippen LogP contribution in [0.1, 0.15) is 21.8 Å². The van der Waals surface area contributed by atoms with Gasteiger partial charge in [0.1, 0.15) is 17.3 Å². The fourth-order valence-electron chi connectivity index (χ4n) is 3.89. The van der Waals surface area contributed by atoms with E-state index in [1.54, 1.807) is 39.5 Å². The predicted molar refractivity (Wildman–Crippen MR) is 113 cm³/mol. The number of methoxy groups -OCH3 is 3. The van der Waals surface area contributed by atoms with Crippen molar-refractivity contribution in [2.75, 3.05) is 47.6 Å². The normalized spacial score (nSPS) is 18.0. The first-order valence-electron chi connectivity index (χ1n) is 10.0. The predicted octanol–water partition coefficient (Wildman–Crippen LogP) is 2.46. The molecule has 0 spiro atoms. The number of benzene rings is 2. The number of rotatable bonds is 8. The molecule has 2 atom stereocenters. The first kappa shape index (κ1) is 22.6. The Bertz CT molecular complexity index is 936. The molecule has 0 aromatic heterocycles. The third-order valence-corrected chi connectivity index (χ3v) is 5.49. The van der Waals surface area contributed by atoms with E-state index in [4.69, 9.17) is 14.2 Å². The summed E-state index contributed by atoms with van der Waals surface area (Å²) in [6, 6.07) is 11.2. The number of ether oxygens (including phenoxy) is 3. The lowest BCUT2D eigenvalue weighted by atomic mass is 9.87. The minimum absolute atomic E-state index is 0.0108. The molecule has 0 aliphatic carbocycles. The Morgan fingerprint density at radius 3 is 2.55 bits per heavy atom. The Hall–Kier alpha value is -3.13. The molecular formula is C23H27FN2O5. The highest BCUT2D eigenvalue weighted by molar-refractivity contribution is 5.95. The van der Waals surface area contributed by atoms with Crippen molar-refractivity contribution in [3.63, 3.8) is 0 Å². The number of carbonyl (C=O) groups is 2. The molecule has 166 valence electrons. The van der Waals surface area contributed by atoms with E-state index in [-0.39, 0.29) is 30.5 Å². The second-order valence-corrected chi connectivity index (χ2v) is 7.29. The molecular weight excluding hydrogens is 403 g/mol. The van der Waals surface area contributed by atoms with Gasteiger partial charge >= 0.3 is 0 Å². The average Bonchev–Trinajstić information content (AvgIpc) is 3.24. The van der Waals surface area contributed by atoms with E-state index in [0.29, 0.717) is 24.7 Å². The van der Waals surface area contributed by atoms with Crippen molar-refractivity contribution < 1.29 is 28.2 Å². The lowest BCUT2D eigenvalue weighted by Gasteiger charge is -2.21. The molecule has 0 radical (unpaired) electrons. The quantitative estimate of drug-likeness (QED) is 0.651. The molecule has 1 fully saturated rings. The second kappa shape index (κ2) is 10.3. The zero-order valence-corrected chi connectivity index (χ0v) is 17.9. The zero-order valence-electron chi connectivity index (χ0n) is 17.9. The van der Waals surface area contributed by atoms with Crippen LogP contribution in [0.2, 0.25) is 0 Å². The van der Waals surface area contributed by atoms with Crippen LogP contribution in [0.4, 0.5) is 4.39 Å². The number of halogens is 1. The molecule has 2 aromatic rings. The van der Waals surface area contributed by atoms with Gasteiger partial charge in [-0.2, -0.15) is 0 Å². The number of hydrogen-bond donors (Lipinski definition) is 1. The van der Waals surface area contributed by atoms with Gasteiger partial charge in [0.15, 0.2) is 0 Å². The van der Waals surface area contributed by atoms with Crippen LogP contribution in [0.15, 0.2) is 42.5 Å². The third kappa shape index (κ3) is 4.96. The zero-order chi connectivity index (χ0) is 22.4. The Morgan fingerprint density at radius 2 is 1.87 bits per heavy atom. The summed E-state index contributed by atoms with van der Waals surface area (Å²) in [5.74, 6) is -0.863. The van der Waals surface area contributed by atoms with Gasteiger partial charge in [-0.15, -0.1) is 0 Å². The van der Waals surface area contributed by atoms with Crippen molar-refractivity contribution in [3.05, 3.63) is 59.4 Å². The van der Waals surface area contributed by atoms with Crippen molar-refractivity contribution in [1.29, 1.82) is 0 Å². The molecule has 0 unspecified atom stereocenters. The van der Waals surface area contributed by atoms with Crippen LogP contribution in [0.25, 0.3) is 0 Å². The molecule has 1 heterocycles. The number of hydrogen-bond acceptors (Lipinski definition) is 5. The van der Waals surface area contributed by atoms with E-state index in [1.165, 1.54) is 23.1 Å². The number of carbonyl (C=O) groups excluding carboxylic acids is 2. The van der Waals surface area contributed by atoms with E-state index in [9.17, 15) is 14.0 Å². The van der Waals surface area contributed by atoms with Crippen molar-refractivity contribution in [2.45, 2.75) is 5.92 Å². The summed E-state index contributed by atoms with van der Waals surface area (Å²) in [7, 11) is 4.66. The van der Waals surface area contributed by atoms with Crippen LogP contribution in [0.5, 0.6) is 11.5 Å². The van der Waals surface area contributed by atoms with Crippen molar-refractivity contribution in [2.24, 2.45) is 5.92 Å². The molecule has 1 N–H and O–H groups in total. The number of nitrogens with zero attached hydrogens (tertiary/aromatic N) is 1. The van der Waals surface area contributed by atoms with Crippen LogP contribution in [0.3, 0.4) is 0 Å². The summed E-state index contributed by atoms with van der Waals surface area (Å²) in [4.78, 5) is 27.5. The summed E-state index contributed by atoms with van der Waals surface area (Å²) < 4.78 is 30.0. The van der Waals surface area contributed by atoms with Gasteiger partial charge in [0, 0.05) is 44.3 Å². The minimum Gasteiger partial charge on any atom is -0.497 e. The van der Waals surface area contributed by atoms with Gasteiger partial charge in [-0.05, 0) is 18.2 Å². The van der Waals surface area contributed by atoms with Gasteiger partial charge in [-0.1, -0.05) is 18.2 Å². The average molecular weight is 430 g/mol. The standard InChI is InChI=1S/C23H27FN2O5/c1-29-11-10-25-22(27)19-14-26(23(28)17-6-4-5-7-20(17)24)13-18(19)16-9-8-15(30-2)12-21(16)31-3/h4-9,12,18-19H,10-11,13-14H2,1-3H3,(H,25,27)/t18-,19-/m1/s1. The molecule has 3 rings (SSSR count). The minimum atomic E-state index is -0.584. The number of amides is 2. The molecule has 2 aromatic carbocycles. The van der Waals surface area contributed by atoms with Crippen molar-refractivity contribution in [1.82, 2.24) is 10.2 Å². The highest BCUT2D eigenvalue weighted by Gasteiger charge is 2.42. The van der Waals surface area contributed by atoms with Gasteiger partial charge in [-0.25, -0.2) is 4.39 Å². The van der Waals surface area contributed by atoms with Gasteiger partial charge in [0.2, 0.25) is 5.91 Å². The van der Waals surface area contributed by atoms with E-state index in [0.717, 1.165) is 5.56 Å². The van der Waals surface area contributed by atoms with Crippen molar-refractivity contribution >= 4 is 11.8 Å². The van der Waals surface area contributed by atoms with E-state index < -0.39 is 17.6 Å². The maximum absolute atomic E-state index is 14.2. The third-order valence-electron chi connectivity index (χ3n) is 5.49. The molecule has 31 heavy (non-hydrogen) atoms. The molecule has 8 heteroatoms. The van der Waals surface area contributed by atoms with Gasteiger partial charge in [0.25, 0.3) is 5.91 Å². The van der Waals surface area contributed by atoms with Gasteiger partial charge in [0.05, 0.1) is 32.3 Å². The number of nitrogens with one attached hydrogen (secondary N) is 1. The van der Waals surface area contributed by atoms with E-state index in [1.807, 2.05) is 6.07 Å². The maximum Gasteiger partial charge on any atom is 0.256 e. The van der Waals surface area contributed by atoms with Crippen LogP contribution in [-0.2, 0) is 9.53 Å². The summed E-state index contributed by atoms with van der Waals surface area (Å²) in [6.45, 7) is 1.18. The first-order valence-corrected chi connectivity index (χ1v) is 10.0. The lowest BCUT2D eigenvalue weighted by molar-refractivity contribution is -0.125. The van der Waals surface area contributed by atoms with Crippen LogP contribution in [-0.4, -0.2) is 64.3 Å². The fourth-order valence-corrected chi connectivity index (χ4v) is 3.89. The van der Waals surface area contributed by atoms with E-state index >= 15 is 0 Å². The summed E-state index contributed by atoms with van der Waals surface area (Å²) >= 11 is 0. The molecule has 1 aliphatic heterocycles. The van der Waals surface area contributed by atoms with Crippen LogP contribution >= 0.6 is 0 Å². The fraction of sp³-hybridized carbons (Fsp3) is 0.391. The lowest BCUT2D eigenvalue weighted by Crippen LogP contribution is -2.37. The Morgan fingerprint density at radius 1 is 1.10 bits per heavy atom. The number of likely N-dealkylation sites (tertiary alicyclic amines) is 1. The largest absolute Gasteiger partial charge is 0.497 e. The monoisotopic (exact) mass is 430 g/mol. The van der Waals surface area contributed by atoms with Gasteiger partial charge in [-0.3, -0.25) is 9.59 Å². The molecule has 0 saturated carbocycles. The van der Waals surface area contributed by atoms with Crippen molar-refractivity contribution in [3.8, 4) is 11.5 Å². The maximum atomic E-state index is 14.2. The summed E-state index contributed by atoms with van der Waals surface area (Å²) in [5.41, 5.74) is 0.780. The smallest absolute Gasteiger partial charge is 0.256 e. The summed E-state index contributed by atoms with van der Waals surface area (Å²) in [6.07, 6.45) is 0. The van der Waals surface area contributed by atoms with Gasteiger partial charge < -0.3 is 24.4 Å². The van der Waals surface area contributed by atoms with E-state index in [2.05, 4.69) is 5.32 Å². The van der Waals surface area contributed by atoms with Crippen LogP contribution in [0, 0.1) is 11.7 Å². The SMILES string of the molecule is COCCNC(=O)[C@@H]1CN(C(=O)c2ccccc2F)C[C@@H]1c1ccc(OC)cc1OC. The topological polar surface area (TPSA) is 77.1 Å². The molecule has 0 bridgehead atoms. The highest BCUT2D eigenvalue weighted by Crippen LogP contribution is 2.39. The summed E-state index contributed by atoms with van der Waals surface area (Å²) in [5, 5.41) is 2.85. The second-order valence-electron chi connectivity index (χ2n) is 7.29. The first-order chi connectivity index (χ1) is 15.0. The molecule has 1 aliphatic rings. The Kier molecular flexibility index (Phi) is 7.46.